The third kappa shape index (κ3) is 4.36. The van der Waals surface area contributed by atoms with Crippen LogP contribution in [0.25, 0.3) is 5.65 Å². The van der Waals surface area contributed by atoms with Crippen LogP contribution in [0.3, 0.4) is 0 Å². The van der Waals surface area contributed by atoms with E-state index in [1.54, 1.807) is 0 Å². The number of fused-ring (bicyclic) bond motifs is 1. The number of pyridine rings is 2. The maximum Gasteiger partial charge on any atom is 0.417 e. The van der Waals surface area contributed by atoms with E-state index in [4.69, 9.17) is 0 Å². The molecule has 1 saturated heterocycles. The number of hydrogen-bond acceptors (Lipinski definition) is 6. The molecule has 0 bridgehead atoms. The Kier molecular flexibility index (Phi) is 5.72. The Hall–Kier alpha value is -3.63. The molecule has 3 aromatic rings. The number of nitrogens with zero attached hydrogens (tertiary/aromatic N) is 4. The highest BCUT2D eigenvalue weighted by atomic mass is 19.4. The number of piperidine rings is 1. The lowest BCUT2D eigenvalue weighted by molar-refractivity contribution is -0.137. The van der Waals surface area contributed by atoms with Gasteiger partial charge < -0.3 is 15.3 Å². The molecule has 0 spiro atoms. The van der Waals surface area contributed by atoms with Crippen LogP contribution < -0.4 is 15.8 Å². The molecule has 0 aliphatic carbocycles. The van der Waals surface area contributed by atoms with Gasteiger partial charge in [-0.3, -0.25) is 9.20 Å². The van der Waals surface area contributed by atoms with Gasteiger partial charge in [-0.1, -0.05) is 0 Å². The molecule has 0 amide bonds. The van der Waals surface area contributed by atoms with Gasteiger partial charge in [-0.25, -0.2) is 14.8 Å². The van der Waals surface area contributed by atoms with Crippen LogP contribution in [0.1, 0.15) is 40.7 Å². The summed E-state index contributed by atoms with van der Waals surface area (Å²) in [5, 5.41) is 12.1. The number of rotatable bonds is 5. The minimum absolute atomic E-state index is 0.00472. The minimum atomic E-state index is -4.68. The maximum absolute atomic E-state index is 13.5. The van der Waals surface area contributed by atoms with Crippen LogP contribution in [0.4, 0.5) is 24.8 Å². The quantitative estimate of drug-likeness (QED) is 0.618. The van der Waals surface area contributed by atoms with Gasteiger partial charge in [-0.2, -0.15) is 13.2 Å². The van der Waals surface area contributed by atoms with E-state index in [2.05, 4.69) is 15.3 Å². The van der Waals surface area contributed by atoms with Gasteiger partial charge >= 0.3 is 12.1 Å². The van der Waals surface area contributed by atoms with Crippen molar-refractivity contribution in [2.24, 2.45) is 0 Å². The fourth-order valence-corrected chi connectivity index (χ4v) is 3.73. The van der Waals surface area contributed by atoms with Crippen LogP contribution in [0, 0.1) is 0 Å². The van der Waals surface area contributed by atoms with Crippen molar-refractivity contribution in [2.75, 3.05) is 23.3 Å². The van der Waals surface area contributed by atoms with Crippen molar-refractivity contribution < 1.29 is 23.1 Å². The van der Waals surface area contributed by atoms with Gasteiger partial charge in [-0.05, 0) is 37.5 Å². The van der Waals surface area contributed by atoms with Gasteiger partial charge in [0.25, 0.3) is 5.56 Å². The van der Waals surface area contributed by atoms with Gasteiger partial charge in [0, 0.05) is 43.7 Å². The van der Waals surface area contributed by atoms with E-state index in [9.17, 15) is 27.9 Å². The van der Waals surface area contributed by atoms with E-state index in [1.807, 2.05) is 4.90 Å². The molecule has 4 rings (SSSR count). The average Bonchev–Trinajstić information content (AvgIpc) is 2.77. The molecular formula is C21H20F3N5O3. The predicted molar refractivity (Wildman–Crippen MR) is 111 cm³/mol. The third-order valence-electron chi connectivity index (χ3n) is 5.32. The molecule has 0 radical (unpaired) electrons. The number of aromatic nitrogens is 3. The van der Waals surface area contributed by atoms with Gasteiger partial charge in [0.2, 0.25) is 0 Å². The molecule has 0 saturated carbocycles. The second-order valence-electron chi connectivity index (χ2n) is 7.50. The van der Waals surface area contributed by atoms with E-state index >= 15 is 0 Å². The SMILES string of the molecule is O=C(O)c1cccnc1NCc1cc(C(F)(F)F)cn2c(=O)cc(N3CCCCC3)nc12. The molecular weight excluding hydrogens is 427 g/mol. The van der Waals surface area contributed by atoms with Gasteiger partial charge in [0.05, 0.1) is 5.56 Å². The molecule has 2 N–H and O–H groups in total. The zero-order valence-corrected chi connectivity index (χ0v) is 16.9. The monoisotopic (exact) mass is 447 g/mol. The Labute approximate surface area is 180 Å². The molecule has 1 aliphatic rings. The van der Waals surface area contributed by atoms with Crippen molar-refractivity contribution in [3.05, 3.63) is 63.7 Å². The van der Waals surface area contributed by atoms with Crippen LogP contribution in [-0.4, -0.2) is 38.5 Å². The van der Waals surface area contributed by atoms with Crippen molar-refractivity contribution in [3.8, 4) is 0 Å². The molecule has 11 heteroatoms. The second kappa shape index (κ2) is 8.48. The molecule has 0 atom stereocenters. The van der Waals surface area contributed by atoms with Gasteiger partial charge in [0.1, 0.15) is 22.8 Å². The summed E-state index contributed by atoms with van der Waals surface area (Å²) in [5.74, 6) is -0.805. The first-order valence-electron chi connectivity index (χ1n) is 10.0. The van der Waals surface area contributed by atoms with Crippen molar-refractivity contribution in [2.45, 2.75) is 32.0 Å². The number of halogens is 3. The lowest BCUT2D eigenvalue weighted by Crippen LogP contribution is -2.32. The summed E-state index contributed by atoms with van der Waals surface area (Å²) in [6, 6.07) is 4.94. The van der Waals surface area contributed by atoms with Crippen LogP contribution in [0.2, 0.25) is 0 Å². The summed E-state index contributed by atoms with van der Waals surface area (Å²) in [6.07, 6.45) is 0.391. The third-order valence-corrected chi connectivity index (χ3v) is 5.32. The molecule has 168 valence electrons. The molecule has 8 nitrogen and oxygen atoms in total. The van der Waals surface area contributed by atoms with Crippen molar-refractivity contribution in [1.82, 2.24) is 14.4 Å². The summed E-state index contributed by atoms with van der Waals surface area (Å²) in [4.78, 5) is 34.5. The van der Waals surface area contributed by atoms with Crippen molar-refractivity contribution in [3.63, 3.8) is 0 Å². The summed E-state index contributed by atoms with van der Waals surface area (Å²) in [7, 11) is 0. The van der Waals surface area contributed by atoms with Crippen molar-refractivity contribution >= 4 is 23.3 Å². The molecule has 0 unspecified atom stereocenters. The fourth-order valence-electron chi connectivity index (χ4n) is 3.73. The summed E-state index contributed by atoms with van der Waals surface area (Å²) >= 11 is 0. The Balaban J connectivity index is 1.80. The Morgan fingerprint density at radius 3 is 2.62 bits per heavy atom. The van der Waals surface area contributed by atoms with Crippen LogP contribution in [0.15, 0.2) is 41.5 Å². The first-order valence-corrected chi connectivity index (χ1v) is 10.0. The summed E-state index contributed by atoms with van der Waals surface area (Å²) in [6.45, 7) is 1.22. The second-order valence-corrected chi connectivity index (χ2v) is 7.50. The zero-order valence-electron chi connectivity index (χ0n) is 16.9. The zero-order chi connectivity index (χ0) is 22.9. The number of carboxylic acid groups (broad SMARTS) is 1. The lowest BCUT2D eigenvalue weighted by atomic mass is 10.1. The van der Waals surface area contributed by atoms with E-state index in [1.165, 1.54) is 24.4 Å². The first kappa shape index (κ1) is 21.6. The van der Waals surface area contributed by atoms with Gasteiger partial charge in [-0.15, -0.1) is 0 Å². The summed E-state index contributed by atoms with van der Waals surface area (Å²) < 4.78 is 41.3. The smallest absolute Gasteiger partial charge is 0.417 e. The van der Waals surface area contributed by atoms with Crippen LogP contribution in [-0.2, 0) is 12.7 Å². The van der Waals surface area contributed by atoms with Crippen LogP contribution in [0.5, 0.6) is 0 Å². The Morgan fingerprint density at radius 1 is 1.19 bits per heavy atom. The normalized spacial score (nSPS) is 14.5. The lowest BCUT2D eigenvalue weighted by Gasteiger charge is -2.28. The largest absolute Gasteiger partial charge is 0.478 e. The first-order chi connectivity index (χ1) is 15.2. The number of nitrogens with one attached hydrogen (secondary N) is 1. The molecule has 3 aromatic heterocycles. The number of alkyl halides is 3. The average molecular weight is 447 g/mol. The number of aromatic carboxylic acids is 1. The van der Waals surface area contributed by atoms with E-state index in [0.29, 0.717) is 18.9 Å². The van der Waals surface area contributed by atoms with Crippen LogP contribution >= 0.6 is 0 Å². The standard InChI is InChI=1S/C21H20F3N5O3/c22-21(23,24)14-9-13(11-26-18-15(20(31)32)5-4-6-25-18)19-27-16(10-17(30)29(19)12-14)28-7-2-1-3-8-28/h4-6,9-10,12H,1-3,7-8,11H2,(H,25,26)(H,31,32). The number of carboxylic acids is 1. The molecule has 0 aromatic carbocycles. The fraction of sp³-hybridized carbons (Fsp3) is 0.333. The van der Waals surface area contributed by atoms with Crippen molar-refractivity contribution in [1.29, 1.82) is 0 Å². The number of anilines is 2. The molecule has 1 aliphatic heterocycles. The Morgan fingerprint density at radius 2 is 1.94 bits per heavy atom. The Bertz CT molecular complexity index is 1220. The van der Waals surface area contributed by atoms with E-state index in [0.717, 1.165) is 35.9 Å². The van der Waals surface area contributed by atoms with Gasteiger partial charge in [0.15, 0.2) is 0 Å². The topological polar surface area (TPSA) is 99.8 Å². The predicted octanol–water partition coefficient (Wildman–Crippen LogP) is 3.41. The maximum atomic E-state index is 13.5. The number of hydrogen-bond donors (Lipinski definition) is 2. The molecule has 4 heterocycles. The van der Waals surface area contributed by atoms with E-state index in [-0.39, 0.29) is 29.1 Å². The van der Waals surface area contributed by atoms with E-state index < -0.39 is 23.3 Å². The number of carbonyl (C=O) groups is 1. The highest BCUT2D eigenvalue weighted by molar-refractivity contribution is 5.93. The summed E-state index contributed by atoms with van der Waals surface area (Å²) in [5.41, 5.74) is -1.57. The minimum Gasteiger partial charge on any atom is -0.478 e. The highest BCUT2D eigenvalue weighted by Crippen LogP contribution is 2.31. The molecule has 32 heavy (non-hydrogen) atoms. The molecule has 1 fully saturated rings. The highest BCUT2D eigenvalue weighted by Gasteiger charge is 2.32.